The van der Waals surface area contributed by atoms with Crippen molar-refractivity contribution < 1.29 is 9.90 Å². The molecule has 78 valence electrons. The van der Waals surface area contributed by atoms with Gasteiger partial charge in [0.15, 0.2) is 0 Å². The van der Waals surface area contributed by atoms with Gasteiger partial charge >= 0.3 is 0 Å². The lowest BCUT2D eigenvalue weighted by Gasteiger charge is -2.55. The van der Waals surface area contributed by atoms with Crippen molar-refractivity contribution in [3.63, 3.8) is 0 Å². The van der Waals surface area contributed by atoms with Crippen LogP contribution in [0, 0.1) is 17.3 Å². The summed E-state index contributed by atoms with van der Waals surface area (Å²) in [6.07, 6.45) is 7.45. The van der Waals surface area contributed by atoms with Crippen molar-refractivity contribution in [3.8, 4) is 0 Å². The number of fused-ring (bicyclic) bond motifs is 2. The predicted molar refractivity (Wildman–Crippen MR) is 52.7 cm³/mol. The molecular formula is C12H18O2. The molecule has 1 N–H and O–H groups in total. The molecule has 0 aromatic heterocycles. The minimum absolute atomic E-state index is 0.0000231. The van der Waals surface area contributed by atoms with E-state index < -0.39 is 0 Å². The molecule has 4 saturated carbocycles. The van der Waals surface area contributed by atoms with E-state index in [-0.39, 0.29) is 17.4 Å². The first kappa shape index (κ1) is 8.90. The Morgan fingerprint density at radius 1 is 1.36 bits per heavy atom. The van der Waals surface area contributed by atoms with Gasteiger partial charge in [0.05, 0.1) is 6.10 Å². The Morgan fingerprint density at radius 3 is 3.00 bits per heavy atom. The second-order valence-electron chi connectivity index (χ2n) is 5.56. The summed E-state index contributed by atoms with van der Waals surface area (Å²) < 4.78 is 0. The molecule has 0 heterocycles. The monoisotopic (exact) mass is 194 g/mol. The van der Waals surface area contributed by atoms with E-state index in [1.807, 2.05) is 0 Å². The Hall–Kier alpha value is -0.370. The van der Waals surface area contributed by atoms with E-state index in [1.165, 1.54) is 25.7 Å². The van der Waals surface area contributed by atoms with E-state index in [0.29, 0.717) is 5.78 Å². The van der Waals surface area contributed by atoms with Gasteiger partial charge in [-0.15, -0.1) is 0 Å². The van der Waals surface area contributed by atoms with Gasteiger partial charge in [-0.3, -0.25) is 4.79 Å². The summed E-state index contributed by atoms with van der Waals surface area (Å²) in [5.74, 6) is 1.10. The number of carbonyl (C=O) groups is 1. The molecule has 4 fully saturated rings. The Balaban J connectivity index is 1.94. The quantitative estimate of drug-likeness (QED) is 0.639. The molecule has 0 unspecified atom stereocenters. The van der Waals surface area contributed by atoms with Crippen molar-refractivity contribution in [2.75, 3.05) is 0 Å². The van der Waals surface area contributed by atoms with Gasteiger partial charge in [0, 0.05) is 12.3 Å². The van der Waals surface area contributed by atoms with Gasteiger partial charge in [-0.2, -0.15) is 0 Å². The van der Waals surface area contributed by atoms with Crippen molar-refractivity contribution >= 4 is 5.78 Å². The molecule has 4 aliphatic rings. The normalized spacial score (nSPS) is 51.8. The minimum atomic E-state index is -0.314. The molecule has 0 aromatic carbocycles. The largest absolute Gasteiger partial charge is 0.392 e. The summed E-state index contributed by atoms with van der Waals surface area (Å²) in [7, 11) is 0. The number of hydrogen-bond acceptors (Lipinski definition) is 2. The summed E-state index contributed by atoms with van der Waals surface area (Å²) in [5.41, 5.74) is 0.226. The third-order valence-electron chi connectivity index (χ3n) is 4.90. The van der Waals surface area contributed by atoms with Crippen LogP contribution >= 0.6 is 0 Å². The van der Waals surface area contributed by atoms with E-state index in [2.05, 4.69) is 0 Å². The van der Waals surface area contributed by atoms with Crippen molar-refractivity contribution in [1.29, 1.82) is 0 Å². The molecule has 4 atom stereocenters. The zero-order valence-electron chi connectivity index (χ0n) is 8.54. The van der Waals surface area contributed by atoms with Crippen molar-refractivity contribution in [2.45, 2.75) is 51.0 Å². The minimum Gasteiger partial charge on any atom is -0.392 e. The Labute approximate surface area is 84.7 Å². The summed E-state index contributed by atoms with van der Waals surface area (Å²) in [6.45, 7) is 0. The maximum absolute atomic E-state index is 11.8. The van der Waals surface area contributed by atoms with Crippen LogP contribution in [0.3, 0.4) is 0 Å². The van der Waals surface area contributed by atoms with E-state index >= 15 is 0 Å². The molecule has 1 spiro atoms. The summed E-state index contributed by atoms with van der Waals surface area (Å²) in [6, 6.07) is 0. The zero-order valence-corrected chi connectivity index (χ0v) is 8.54. The fourth-order valence-corrected chi connectivity index (χ4v) is 4.17. The molecule has 2 heteroatoms. The number of Topliss-reactive ketones (excluding diaryl/α,β-unsaturated/α-hetero) is 1. The molecule has 4 rings (SSSR count). The summed E-state index contributed by atoms with van der Waals surface area (Å²) in [4.78, 5) is 11.8. The number of aliphatic hydroxyl groups excluding tert-OH is 1. The van der Waals surface area contributed by atoms with Crippen LogP contribution in [0.4, 0.5) is 0 Å². The average molecular weight is 194 g/mol. The van der Waals surface area contributed by atoms with Gasteiger partial charge in [0.1, 0.15) is 5.78 Å². The Kier molecular flexibility index (Phi) is 1.79. The maximum Gasteiger partial charge on any atom is 0.139 e. The van der Waals surface area contributed by atoms with Crippen molar-refractivity contribution in [2.24, 2.45) is 17.3 Å². The van der Waals surface area contributed by atoms with Crippen LogP contribution in [0.2, 0.25) is 0 Å². The number of carbonyl (C=O) groups excluding carboxylic acids is 1. The van der Waals surface area contributed by atoms with E-state index in [9.17, 15) is 9.90 Å². The molecule has 0 radical (unpaired) electrons. The van der Waals surface area contributed by atoms with E-state index in [4.69, 9.17) is 0 Å². The van der Waals surface area contributed by atoms with Gasteiger partial charge in [-0.1, -0.05) is 12.8 Å². The second kappa shape index (κ2) is 2.82. The van der Waals surface area contributed by atoms with Crippen molar-refractivity contribution in [1.82, 2.24) is 0 Å². The fraction of sp³-hybridized carbons (Fsp3) is 0.917. The lowest BCUT2D eigenvalue weighted by Crippen LogP contribution is -2.54. The van der Waals surface area contributed by atoms with Gasteiger partial charge < -0.3 is 5.11 Å². The third kappa shape index (κ3) is 1.04. The average Bonchev–Trinajstić information content (AvgIpc) is 2.15. The Morgan fingerprint density at radius 2 is 2.21 bits per heavy atom. The molecule has 0 saturated heterocycles. The Bertz CT molecular complexity index is 273. The van der Waals surface area contributed by atoms with Gasteiger partial charge in [-0.05, 0) is 37.0 Å². The fourth-order valence-electron chi connectivity index (χ4n) is 4.17. The molecule has 2 bridgehead atoms. The summed E-state index contributed by atoms with van der Waals surface area (Å²) in [5, 5.41) is 9.88. The molecule has 0 aromatic rings. The molecule has 0 amide bonds. The first-order chi connectivity index (χ1) is 6.71. The standard InChI is InChI=1S/C12H18O2/c13-10-6-12-4-2-1-3-8(12)5-9(10)11(14)7-12/h8-10,13H,1-7H2/t8-,9-,10-,12+/m0/s1. The predicted octanol–water partition coefficient (Wildman–Crippen LogP) is 1.91. The summed E-state index contributed by atoms with van der Waals surface area (Å²) >= 11 is 0. The van der Waals surface area contributed by atoms with Gasteiger partial charge in [0.2, 0.25) is 0 Å². The third-order valence-corrected chi connectivity index (χ3v) is 4.90. The number of ketones is 1. The second-order valence-corrected chi connectivity index (χ2v) is 5.56. The van der Waals surface area contributed by atoms with Crippen LogP contribution in [0.5, 0.6) is 0 Å². The molecule has 2 nitrogen and oxygen atoms in total. The lowest BCUT2D eigenvalue weighted by atomic mass is 9.49. The molecular weight excluding hydrogens is 176 g/mol. The highest BCUT2D eigenvalue weighted by molar-refractivity contribution is 5.84. The highest BCUT2D eigenvalue weighted by atomic mass is 16.3. The number of hydrogen-bond donors (Lipinski definition) is 1. The number of aliphatic hydroxyl groups is 1. The molecule has 4 aliphatic carbocycles. The van der Waals surface area contributed by atoms with Crippen LogP contribution < -0.4 is 0 Å². The van der Waals surface area contributed by atoms with Gasteiger partial charge in [-0.25, -0.2) is 0 Å². The molecule has 0 aliphatic heterocycles. The lowest BCUT2D eigenvalue weighted by molar-refractivity contribution is -0.156. The topological polar surface area (TPSA) is 37.3 Å². The molecule has 14 heavy (non-hydrogen) atoms. The zero-order chi connectivity index (χ0) is 9.76. The van der Waals surface area contributed by atoms with Crippen LogP contribution in [0.1, 0.15) is 44.9 Å². The van der Waals surface area contributed by atoms with Crippen LogP contribution in [0.15, 0.2) is 0 Å². The maximum atomic E-state index is 11.8. The highest BCUT2D eigenvalue weighted by Crippen LogP contribution is 2.58. The van der Waals surface area contributed by atoms with Gasteiger partial charge in [0.25, 0.3) is 0 Å². The number of rotatable bonds is 0. The van der Waals surface area contributed by atoms with E-state index in [1.54, 1.807) is 0 Å². The first-order valence-electron chi connectivity index (χ1n) is 5.92. The van der Waals surface area contributed by atoms with Crippen LogP contribution in [0.25, 0.3) is 0 Å². The van der Waals surface area contributed by atoms with Crippen LogP contribution in [-0.2, 0) is 4.79 Å². The smallest absolute Gasteiger partial charge is 0.139 e. The van der Waals surface area contributed by atoms with Crippen LogP contribution in [-0.4, -0.2) is 17.0 Å². The highest BCUT2D eigenvalue weighted by Gasteiger charge is 2.55. The van der Waals surface area contributed by atoms with Crippen molar-refractivity contribution in [3.05, 3.63) is 0 Å². The SMILES string of the molecule is O=C1C[C@]23CCCC[C@H]2C[C@H]1[C@@H](O)C3. The first-order valence-corrected chi connectivity index (χ1v) is 5.92. The van der Waals surface area contributed by atoms with E-state index in [0.717, 1.165) is 25.2 Å².